The first-order valence-electron chi connectivity index (χ1n) is 8.48. The van der Waals surface area contributed by atoms with Gasteiger partial charge in [0.2, 0.25) is 11.8 Å². The van der Waals surface area contributed by atoms with E-state index >= 15 is 0 Å². The third kappa shape index (κ3) is 3.37. The van der Waals surface area contributed by atoms with Gasteiger partial charge in [0.15, 0.2) is 5.13 Å². The van der Waals surface area contributed by atoms with Crippen LogP contribution in [0.1, 0.15) is 34.7 Å². The zero-order valence-corrected chi connectivity index (χ0v) is 15.7. The van der Waals surface area contributed by atoms with Crippen LogP contribution in [0.5, 0.6) is 5.88 Å². The van der Waals surface area contributed by atoms with Gasteiger partial charge in [-0.25, -0.2) is 4.98 Å². The lowest BCUT2D eigenvalue weighted by molar-refractivity contribution is 0.0847. The number of methoxy groups -OCH3 is 1. The number of thiazole rings is 1. The molecule has 1 fully saturated rings. The lowest BCUT2D eigenvalue weighted by Gasteiger charge is -2.22. The van der Waals surface area contributed by atoms with Gasteiger partial charge in [-0.05, 0) is 18.8 Å². The molecule has 1 aliphatic heterocycles. The van der Waals surface area contributed by atoms with E-state index in [1.165, 1.54) is 24.6 Å². The number of halogens is 1. The molecule has 8 nitrogen and oxygen atoms in total. The number of pyridine rings is 1. The fourth-order valence-electron chi connectivity index (χ4n) is 3.19. The number of nitrogens with one attached hydrogen (secondary N) is 1. The molecule has 1 N–H and O–H groups in total. The lowest BCUT2D eigenvalue weighted by atomic mass is 9.92. The zero-order valence-electron chi connectivity index (χ0n) is 14.9. The van der Waals surface area contributed by atoms with Crippen molar-refractivity contribution in [3.05, 3.63) is 29.5 Å². The summed E-state index contributed by atoms with van der Waals surface area (Å²) in [7, 11) is 3.15. The Hall–Kier alpha value is -2.59. The first kappa shape index (κ1) is 17.8. The number of ether oxygens (including phenoxy) is 2. The standard InChI is InChI=1S/C17H18FN5O3S/c1-23-8-10(7-19-23)15(24)22-17-20-12-13(27-17)11(9-3-5-26-6-4-9)14(18)21-16(12)25-2/h7-9H,3-6H2,1-2H3,(H,20,22,24). The van der Waals surface area contributed by atoms with Crippen LogP contribution in [0, 0.1) is 5.95 Å². The Kier molecular flexibility index (Phi) is 4.75. The summed E-state index contributed by atoms with van der Waals surface area (Å²) in [6.07, 6.45) is 4.51. The molecule has 1 saturated heterocycles. The molecule has 1 aliphatic rings. The molecule has 4 rings (SSSR count). The van der Waals surface area contributed by atoms with Gasteiger partial charge in [0.25, 0.3) is 5.91 Å². The van der Waals surface area contributed by atoms with Crippen molar-refractivity contribution in [1.29, 1.82) is 0 Å². The highest BCUT2D eigenvalue weighted by Gasteiger charge is 2.27. The van der Waals surface area contributed by atoms with E-state index in [9.17, 15) is 9.18 Å². The maximum atomic E-state index is 14.7. The van der Waals surface area contributed by atoms with E-state index in [2.05, 4.69) is 20.4 Å². The molecule has 0 spiro atoms. The highest BCUT2D eigenvalue weighted by molar-refractivity contribution is 7.22. The Morgan fingerprint density at radius 2 is 2.19 bits per heavy atom. The summed E-state index contributed by atoms with van der Waals surface area (Å²) < 4.78 is 27.5. The SMILES string of the molecule is COc1nc(F)c(C2CCOCC2)c2sc(NC(=O)c3cnn(C)c3)nc12. The van der Waals surface area contributed by atoms with Gasteiger partial charge >= 0.3 is 0 Å². The molecule has 0 saturated carbocycles. The average Bonchev–Trinajstić information content (AvgIpc) is 3.28. The van der Waals surface area contributed by atoms with Crippen LogP contribution in [0.4, 0.5) is 9.52 Å². The van der Waals surface area contributed by atoms with Gasteiger partial charge in [0, 0.05) is 32.0 Å². The third-order valence-electron chi connectivity index (χ3n) is 4.51. The van der Waals surface area contributed by atoms with E-state index in [0.29, 0.717) is 39.7 Å². The summed E-state index contributed by atoms with van der Waals surface area (Å²) >= 11 is 1.22. The number of amides is 1. The van der Waals surface area contributed by atoms with Crippen LogP contribution in [-0.4, -0.2) is 46.0 Å². The van der Waals surface area contributed by atoms with Crippen molar-refractivity contribution in [1.82, 2.24) is 19.7 Å². The molecular formula is C17H18FN5O3S. The molecule has 3 aromatic heterocycles. The number of carbonyl (C=O) groups excluding carboxylic acids is 1. The Balaban J connectivity index is 1.74. The number of fused-ring (bicyclic) bond motifs is 1. The van der Waals surface area contributed by atoms with E-state index in [4.69, 9.17) is 9.47 Å². The minimum atomic E-state index is -0.556. The number of carbonyl (C=O) groups is 1. The summed E-state index contributed by atoms with van der Waals surface area (Å²) in [5.41, 5.74) is 1.39. The number of nitrogens with zero attached hydrogens (tertiary/aromatic N) is 4. The van der Waals surface area contributed by atoms with E-state index in [1.807, 2.05) is 0 Å². The summed E-state index contributed by atoms with van der Waals surface area (Å²) in [4.78, 5) is 20.7. The highest BCUT2D eigenvalue weighted by atomic mass is 32.1. The van der Waals surface area contributed by atoms with Crippen LogP contribution in [0.2, 0.25) is 0 Å². The molecule has 3 aromatic rings. The number of anilines is 1. The van der Waals surface area contributed by atoms with E-state index in [0.717, 1.165) is 12.8 Å². The highest BCUT2D eigenvalue weighted by Crippen LogP contribution is 2.41. The number of hydrogen-bond donors (Lipinski definition) is 1. The molecule has 0 aromatic carbocycles. The fraction of sp³-hybridized carbons (Fsp3) is 0.412. The van der Waals surface area contributed by atoms with Gasteiger partial charge in [0.05, 0.1) is 23.6 Å². The van der Waals surface area contributed by atoms with Crippen LogP contribution in [-0.2, 0) is 11.8 Å². The van der Waals surface area contributed by atoms with Gasteiger partial charge in [0.1, 0.15) is 5.52 Å². The molecular weight excluding hydrogens is 373 g/mol. The predicted molar refractivity (Wildman–Crippen MR) is 97.9 cm³/mol. The van der Waals surface area contributed by atoms with Gasteiger partial charge in [-0.1, -0.05) is 11.3 Å². The van der Waals surface area contributed by atoms with E-state index in [-0.39, 0.29) is 17.7 Å². The second kappa shape index (κ2) is 7.20. The van der Waals surface area contributed by atoms with Crippen LogP contribution >= 0.6 is 11.3 Å². The Morgan fingerprint density at radius 3 is 2.85 bits per heavy atom. The van der Waals surface area contributed by atoms with Gasteiger partial charge in [-0.15, -0.1) is 0 Å². The van der Waals surface area contributed by atoms with Crippen molar-refractivity contribution >= 4 is 32.6 Å². The number of hydrogen-bond acceptors (Lipinski definition) is 7. The van der Waals surface area contributed by atoms with Crippen molar-refractivity contribution in [3.63, 3.8) is 0 Å². The summed E-state index contributed by atoms with van der Waals surface area (Å²) in [5, 5.41) is 7.09. The summed E-state index contributed by atoms with van der Waals surface area (Å²) in [5.74, 6) is -0.777. The van der Waals surface area contributed by atoms with Crippen LogP contribution in [0.25, 0.3) is 10.2 Å². The maximum Gasteiger partial charge on any atom is 0.260 e. The molecule has 142 valence electrons. The molecule has 0 radical (unpaired) electrons. The first-order valence-corrected chi connectivity index (χ1v) is 9.30. The minimum Gasteiger partial charge on any atom is -0.479 e. The molecule has 0 unspecified atom stereocenters. The molecule has 0 bridgehead atoms. The molecule has 10 heteroatoms. The number of rotatable bonds is 4. The molecule has 27 heavy (non-hydrogen) atoms. The van der Waals surface area contributed by atoms with Crippen molar-refractivity contribution in [3.8, 4) is 5.88 Å². The van der Waals surface area contributed by atoms with Crippen LogP contribution in [0.15, 0.2) is 12.4 Å². The van der Waals surface area contributed by atoms with Gasteiger partial charge < -0.3 is 9.47 Å². The quantitative estimate of drug-likeness (QED) is 0.688. The van der Waals surface area contributed by atoms with E-state index < -0.39 is 5.95 Å². The predicted octanol–water partition coefficient (Wildman–Crippen LogP) is 2.72. The Morgan fingerprint density at radius 1 is 1.41 bits per heavy atom. The zero-order chi connectivity index (χ0) is 19.0. The van der Waals surface area contributed by atoms with Crippen molar-refractivity contribution in [2.75, 3.05) is 25.6 Å². The summed E-state index contributed by atoms with van der Waals surface area (Å²) in [6, 6.07) is 0. The minimum absolute atomic E-state index is 0.00183. The topological polar surface area (TPSA) is 91.2 Å². The second-order valence-corrected chi connectivity index (χ2v) is 7.26. The van der Waals surface area contributed by atoms with Crippen LogP contribution in [0.3, 0.4) is 0 Å². The Labute approximate surface area is 158 Å². The summed E-state index contributed by atoms with van der Waals surface area (Å²) in [6.45, 7) is 1.17. The smallest absolute Gasteiger partial charge is 0.260 e. The second-order valence-electron chi connectivity index (χ2n) is 6.27. The van der Waals surface area contributed by atoms with Crippen molar-refractivity contribution in [2.24, 2.45) is 7.05 Å². The lowest BCUT2D eigenvalue weighted by Crippen LogP contribution is -2.16. The largest absolute Gasteiger partial charge is 0.479 e. The van der Waals surface area contributed by atoms with Gasteiger partial charge in [-0.2, -0.15) is 14.5 Å². The monoisotopic (exact) mass is 391 g/mol. The molecule has 1 amide bonds. The van der Waals surface area contributed by atoms with Crippen molar-refractivity contribution in [2.45, 2.75) is 18.8 Å². The normalized spacial score (nSPS) is 15.2. The first-order chi connectivity index (χ1) is 13.1. The molecule has 0 aliphatic carbocycles. The number of aryl methyl sites for hydroxylation is 1. The van der Waals surface area contributed by atoms with E-state index in [1.54, 1.807) is 17.9 Å². The fourth-order valence-corrected chi connectivity index (χ4v) is 4.25. The average molecular weight is 391 g/mol. The van der Waals surface area contributed by atoms with Crippen molar-refractivity contribution < 1.29 is 18.7 Å². The molecule has 0 atom stereocenters. The molecule has 4 heterocycles. The maximum absolute atomic E-state index is 14.7. The van der Waals surface area contributed by atoms with Gasteiger partial charge in [-0.3, -0.25) is 14.8 Å². The Bertz CT molecular complexity index is 996. The third-order valence-corrected chi connectivity index (χ3v) is 5.51. The number of aromatic nitrogens is 4. The van der Waals surface area contributed by atoms with Crippen LogP contribution < -0.4 is 10.1 Å².